The molecule has 174 valence electrons. The molecule has 0 radical (unpaired) electrons. The minimum atomic E-state index is -0.661. The lowest BCUT2D eigenvalue weighted by Gasteiger charge is -2.27. The molecule has 0 spiro atoms. The molecule has 6 rings (SSSR count). The molecular formula is C26H21FN6O2. The van der Waals surface area contributed by atoms with Crippen LogP contribution in [-0.2, 0) is 7.05 Å². The van der Waals surface area contributed by atoms with Gasteiger partial charge in [0.15, 0.2) is 5.69 Å². The number of pyridine rings is 1. The van der Waals surface area contributed by atoms with E-state index in [1.165, 1.54) is 6.07 Å². The van der Waals surface area contributed by atoms with Gasteiger partial charge in [-0.25, -0.2) is 14.4 Å². The minimum Gasteiger partial charge on any atom is -0.481 e. The number of benzene rings is 2. The topological polar surface area (TPSA) is 88.9 Å². The van der Waals surface area contributed by atoms with Gasteiger partial charge in [0.1, 0.15) is 5.82 Å². The molecule has 0 saturated carbocycles. The first-order valence-corrected chi connectivity index (χ1v) is 11.1. The lowest BCUT2D eigenvalue weighted by Crippen LogP contribution is -2.30. The van der Waals surface area contributed by atoms with Crippen molar-refractivity contribution >= 4 is 22.6 Å². The minimum absolute atomic E-state index is 0.272. The smallest absolute Gasteiger partial charge is 0.280 e. The number of imidazole rings is 1. The number of nitrogens with zero attached hydrogens (tertiary/aromatic N) is 5. The van der Waals surface area contributed by atoms with E-state index in [1.807, 2.05) is 37.3 Å². The van der Waals surface area contributed by atoms with Crippen LogP contribution in [0.1, 0.15) is 33.4 Å². The molecule has 4 heterocycles. The highest BCUT2D eigenvalue weighted by Gasteiger charge is 2.44. The number of fused-ring (bicyclic) bond motifs is 2. The van der Waals surface area contributed by atoms with E-state index in [9.17, 15) is 4.79 Å². The van der Waals surface area contributed by atoms with Crippen LogP contribution in [0, 0.1) is 12.7 Å². The van der Waals surface area contributed by atoms with Gasteiger partial charge >= 0.3 is 0 Å². The van der Waals surface area contributed by atoms with E-state index in [4.69, 9.17) is 4.74 Å². The highest BCUT2D eigenvalue weighted by atomic mass is 19.1. The first kappa shape index (κ1) is 21.0. The summed E-state index contributed by atoms with van der Waals surface area (Å²) in [5.74, 6) is -0.205. The highest BCUT2D eigenvalue weighted by Crippen LogP contribution is 2.44. The van der Waals surface area contributed by atoms with E-state index >= 15 is 4.39 Å². The molecule has 5 aromatic rings. The Bertz CT molecular complexity index is 1600. The molecule has 1 aliphatic heterocycles. The zero-order valence-corrected chi connectivity index (χ0v) is 19.3. The van der Waals surface area contributed by atoms with Gasteiger partial charge in [-0.3, -0.25) is 14.4 Å². The average molecular weight is 468 g/mol. The quantitative estimate of drug-likeness (QED) is 0.418. The molecule has 1 atom stereocenters. The maximum atomic E-state index is 15.8. The molecule has 2 aromatic carbocycles. The third-order valence-electron chi connectivity index (χ3n) is 6.59. The van der Waals surface area contributed by atoms with E-state index in [2.05, 4.69) is 20.1 Å². The summed E-state index contributed by atoms with van der Waals surface area (Å²) >= 11 is 0. The van der Waals surface area contributed by atoms with Crippen LogP contribution in [0.25, 0.3) is 22.2 Å². The molecule has 0 saturated heterocycles. The zero-order chi connectivity index (χ0) is 24.3. The fourth-order valence-electron chi connectivity index (χ4n) is 4.70. The van der Waals surface area contributed by atoms with Crippen molar-refractivity contribution in [2.45, 2.75) is 13.0 Å². The fourth-order valence-corrected chi connectivity index (χ4v) is 4.70. The number of halogens is 1. The maximum Gasteiger partial charge on any atom is 0.280 e. The lowest BCUT2D eigenvalue weighted by atomic mass is 9.95. The Hall–Kier alpha value is -4.53. The number of carbonyl (C=O) groups excluding carboxylic acids is 1. The Kier molecular flexibility index (Phi) is 4.67. The molecule has 1 amide bonds. The average Bonchev–Trinajstić information content (AvgIpc) is 3.53. The van der Waals surface area contributed by atoms with E-state index in [0.717, 1.165) is 22.3 Å². The van der Waals surface area contributed by atoms with Crippen LogP contribution >= 0.6 is 0 Å². The van der Waals surface area contributed by atoms with Gasteiger partial charge in [-0.2, -0.15) is 5.10 Å². The van der Waals surface area contributed by atoms with Crippen molar-refractivity contribution in [2.24, 2.45) is 7.05 Å². The third kappa shape index (κ3) is 3.19. The van der Waals surface area contributed by atoms with Gasteiger partial charge in [-0.15, -0.1) is 0 Å². The monoisotopic (exact) mass is 468 g/mol. The Morgan fingerprint density at radius 3 is 2.63 bits per heavy atom. The number of carbonyl (C=O) groups is 1. The second kappa shape index (κ2) is 7.76. The second-order valence-electron chi connectivity index (χ2n) is 8.48. The molecule has 35 heavy (non-hydrogen) atoms. The van der Waals surface area contributed by atoms with E-state index < -0.39 is 11.9 Å². The Morgan fingerprint density at radius 1 is 1.06 bits per heavy atom. The van der Waals surface area contributed by atoms with Crippen molar-refractivity contribution in [3.8, 4) is 17.0 Å². The molecular weight excluding hydrogens is 447 g/mol. The standard InChI is InChI=1S/C26H21FN6O2/c1-14-23-24(31-32(14)2)26(34)33(17-6-8-20-21(11-17)30-13-29-20)25(23)18-7-4-15(10-19(18)27)16-5-9-22(35-3)28-12-16/h4-13,25H,1-3H3,(H,29,30). The van der Waals surface area contributed by atoms with Crippen molar-refractivity contribution < 1.29 is 13.9 Å². The van der Waals surface area contributed by atoms with Crippen molar-refractivity contribution in [3.63, 3.8) is 0 Å². The zero-order valence-electron chi connectivity index (χ0n) is 19.3. The number of hydrogen-bond acceptors (Lipinski definition) is 5. The van der Waals surface area contributed by atoms with Crippen molar-refractivity contribution in [2.75, 3.05) is 12.0 Å². The lowest BCUT2D eigenvalue weighted by molar-refractivity contribution is 0.0988. The number of H-pyrrole nitrogens is 1. The molecule has 0 aliphatic carbocycles. The van der Waals surface area contributed by atoms with Crippen LogP contribution in [0.5, 0.6) is 5.88 Å². The number of anilines is 1. The normalized spacial score (nSPS) is 15.1. The van der Waals surface area contributed by atoms with Gasteiger partial charge in [-0.05, 0) is 42.8 Å². The van der Waals surface area contributed by atoms with Gasteiger partial charge in [0.05, 0.1) is 30.5 Å². The molecule has 8 nitrogen and oxygen atoms in total. The highest BCUT2D eigenvalue weighted by molar-refractivity contribution is 6.11. The fraction of sp³-hybridized carbons (Fsp3) is 0.154. The molecule has 9 heteroatoms. The van der Waals surface area contributed by atoms with Gasteiger partial charge in [0, 0.05) is 47.4 Å². The van der Waals surface area contributed by atoms with Crippen LogP contribution in [0.2, 0.25) is 0 Å². The number of aryl methyl sites for hydroxylation is 1. The number of hydrogen-bond donors (Lipinski definition) is 1. The van der Waals surface area contributed by atoms with Crippen LogP contribution in [-0.4, -0.2) is 37.7 Å². The maximum absolute atomic E-state index is 15.8. The van der Waals surface area contributed by atoms with Crippen LogP contribution in [0.4, 0.5) is 10.1 Å². The van der Waals surface area contributed by atoms with Gasteiger partial charge < -0.3 is 9.72 Å². The van der Waals surface area contributed by atoms with Crippen LogP contribution in [0.3, 0.4) is 0 Å². The molecule has 1 unspecified atom stereocenters. The first-order chi connectivity index (χ1) is 17.0. The largest absolute Gasteiger partial charge is 0.481 e. The number of aromatic nitrogens is 5. The van der Waals surface area contributed by atoms with Gasteiger partial charge in [0.2, 0.25) is 5.88 Å². The number of amides is 1. The number of aromatic amines is 1. The second-order valence-corrected chi connectivity index (χ2v) is 8.48. The summed E-state index contributed by atoms with van der Waals surface area (Å²) in [5, 5.41) is 4.45. The molecule has 1 N–H and O–H groups in total. The number of methoxy groups -OCH3 is 1. The van der Waals surface area contributed by atoms with E-state index in [1.54, 1.807) is 48.4 Å². The summed E-state index contributed by atoms with van der Waals surface area (Å²) in [4.78, 5) is 26.7. The van der Waals surface area contributed by atoms with E-state index in [0.29, 0.717) is 34.0 Å². The summed E-state index contributed by atoms with van der Waals surface area (Å²) in [6.07, 6.45) is 3.24. The summed E-state index contributed by atoms with van der Waals surface area (Å²) in [6, 6.07) is 13.5. The number of ether oxygens (including phenoxy) is 1. The molecule has 0 fully saturated rings. The Balaban J connectivity index is 1.49. The van der Waals surface area contributed by atoms with Gasteiger partial charge in [0.25, 0.3) is 5.91 Å². The summed E-state index contributed by atoms with van der Waals surface area (Å²) in [5.41, 5.74) is 5.88. The Morgan fingerprint density at radius 2 is 1.89 bits per heavy atom. The van der Waals surface area contributed by atoms with Crippen LogP contribution in [0.15, 0.2) is 61.1 Å². The van der Waals surface area contributed by atoms with Crippen molar-refractivity contribution in [3.05, 3.63) is 89.4 Å². The number of rotatable bonds is 4. The first-order valence-electron chi connectivity index (χ1n) is 11.1. The van der Waals surface area contributed by atoms with E-state index in [-0.39, 0.29) is 5.91 Å². The SMILES string of the molecule is COc1ccc(-c2ccc(C3c4c(nn(C)c4C)C(=O)N3c3ccc4[nH]cnc4c3)c(F)c2)cn1. The number of nitrogens with one attached hydrogen (secondary N) is 1. The molecule has 0 bridgehead atoms. The summed E-state index contributed by atoms with van der Waals surface area (Å²) in [6.45, 7) is 1.89. The predicted octanol–water partition coefficient (Wildman–Crippen LogP) is 4.56. The summed E-state index contributed by atoms with van der Waals surface area (Å²) < 4.78 is 22.5. The molecule has 1 aliphatic rings. The molecule has 3 aromatic heterocycles. The Labute approximate surface area is 200 Å². The third-order valence-corrected chi connectivity index (χ3v) is 6.59. The predicted molar refractivity (Wildman–Crippen MR) is 129 cm³/mol. The summed E-state index contributed by atoms with van der Waals surface area (Å²) in [7, 11) is 3.33. The van der Waals surface area contributed by atoms with Crippen molar-refractivity contribution in [1.29, 1.82) is 0 Å². The van der Waals surface area contributed by atoms with Crippen LogP contribution < -0.4 is 9.64 Å². The van der Waals surface area contributed by atoms with Crippen molar-refractivity contribution in [1.82, 2.24) is 24.7 Å². The van der Waals surface area contributed by atoms with Gasteiger partial charge in [-0.1, -0.05) is 12.1 Å².